The summed E-state index contributed by atoms with van der Waals surface area (Å²) in [6, 6.07) is 0.738. The maximum atomic E-state index is 5.99. The van der Waals surface area contributed by atoms with Crippen molar-refractivity contribution in [1.82, 2.24) is 5.32 Å². The number of nitrogens with one attached hydrogen (secondary N) is 1. The van der Waals surface area contributed by atoms with Gasteiger partial charge in [0.1, 0.15) is 0 Å². The fourth-order valence-corrected chi connectivity index (χ4v) is 3.16. The summed E-state index contributed by atoms with van der Waals surface area (Å²) in [4.78, 5) is 0. The molecule has 0 spiro atoms. The van der Waals surface area contributed by atoms with Crippen LogP contribution in [0.1, 0.15) is 58.3 Å². The van der Waals surface area contributed by atoms with Crippen molar-refractivity contribution in [2.24, 2.45) is 0 Å². The van der Waals surface area contributed by atoms with Gasteiger partial charge in [0.05, 0.1) is 12.2 Å². The maximum absolute atomic E-state index is 5.99. The Labute approximate surface area is 112 Å². The lowest BCUT2D eigenvalue weighted by atomic mass is 9.93. The van der Waals surface area contributed by atoms with Crippen molar-refractivity contribution in [3.05, 3.63) is 0 Å². The van der Waals surface area contributed by atoms with Crippen LogP contribution in [0.2, 0.25) is 0 Å². The molecule has 1 saturated carbocycles. The van der Waals surface area contributed by atoms with E-state index >= 15 is 0 Å². The van der Waals surface area contributed by atoms with Crippen LogP contribution in [0.3, 0.4) is 0 Å². The molecule has 0 radical (unpaired) electrons. The lowest BCUT2D eigenvalue weighted by Gasteiger charge is -2.29. The topological polar surface area (TPSA) is 30.5 Å². The van der Waals surface area contributed by atoms with Crippen LogP contribution in [0.4, 0.5) is 0 Å². The van der Waals surface area contributed by atoms with Gasteiger partial charge in [0, 0.05) is 19.3 Å². The first-order valence-corrected chi connectivity index (χ1v) is 7.85. The third-order valence-electron chi connectivity index (χ3n) is 4.21. The van der Waals surface area contributed by atoms with Gasteiger partial charge >= 0.3 is 0 Å². The van der Waals surface area contributed by atoms with Crippen LogP contribution in [-0.4, -0.2) is 38.0 Å². The summed E-state index contributed by atoms with van der Waals surface area (Å²) in [5.41, 5.74) is 0. The van der Waals surface area contributed by atoms with Crippen molar-refractivity contribution in [3.63, 3.8) is 0 Å². The first-order valence-electron chi connectivity index (χ1n) is 7.85. The Morgan fingerprint density at radius 2 is 2.00 bits per heavy atom. The van der Waals surface area contributed by atoms with Crippen molar-refractivity contribution in [2.75, 3.05) is 19.8 Å². The average Bonchev–Trinajstić information content (AvgIpc) is 2.90. The lowest BCUT2D eigenvalue weighted by molar-refractivity contribution is 0.0139. The first-order chi connectivity index (χ1) is 8.88. The van der Waals surface area contributed by atoms with E-state index in [0.717, 1.165) is 32.2 Å². The predicted octanol–water partition coefficient (Wildman–Crippen LogP) is 2.88. The van der Waals surface area contributed by atoms with E-state index in [1.54, 1.807) is 0 Å². The monoisotopic (exact) mass is 255 g/mol. The van der Waals surface area contributed by atoms with Gasteiger partial charge in [-0.2, -0.15) is 0 Å². The second-order valence-corrected chi connectivity index (χ2v) is 5.68. The predicted molar refractivity (Wildman–Crippen MR) is 73.9 cm³/mol. The molecule has 1 unspecified atom stereocenters. The maximum Gasteiger partial charge on any atom is 0.0576 e. The molecule has 2 rings (SSSR count). The molecule has 1 N–H and O–H groups in total. The van der Waals surface area contributed by atoms with Crippen LogP contribution in [0.15, 0.2) is 0 Å². The molecule has 3 heteroatoms. The lowest BCUT2D eigenvalue weighted by Crippen LogP contribution is -2.35. The van der Waals surface area contributed by atoms with Gasteiger partial charge in [-0.1, -0.05) is 6.92 Å². The Morgan fingerprint density at radius 1 is 1.17 bits per heavy atom. The molecule has 0 amide bonds. The van der Waals surface area contributed by atoms with Crippen LogP contribution in [0, 0.1) is 0 Å². The number of hydrogen-bond donors (Lipinski definition) is 1. The quantitative estimate of drug-likeness (QED) is 0.710. The Balaban J connectivity index is 1.47. The Morgan fingerprint density at radius 3 is 2.67 bits per heavy atom. The average molecular weight is 255 g/mol. The Hall–Kier alpha value is -0.120. The summed E-state index contributed by atoms with van der Waals surface area (Å²) in [6.45, 7) is 5.18. The summed E-state index contributed by atoms with van der Waals surface area (Å²) >= 11 is 0. The van der Waals surface area contributed by atoms with E-state index in [-0.39, 0.29) is 0 Å². The summed E-state index contributed by atoms with van der Waals surface area (Å²) in [7, 11) is 0. The van der Waals surface area contributed by atoms with Gasteiger partial charge in [0.2, 0.25) is 0 Å². The normalized spacial score (nSPS) is 32.8. The largest absolute Gasteiger partial charge is 0.378 e. The number of hydrogen-bond acceptors (Lipinski definition) is 3. The van der Waals surface area contributed by atoms with Crippen molar-refractivity contribution in [3.8, 4) is 0 Å². The summed E-state index contributed by atoms with van der Waals surface area (Å²) in [5.74, 6) is 0. The molecule has 0 bridgehead atoms. The first kappa shape index (κ1) is 14.3. The zero-order valence-corrected chi connectivity index (χ0v) is 11.8. The van der Waals surface area contributed by atoms with Crippen LogP contribution < -0.4 is 5.32 Å². The van der Waals surface area contributed by atoms with E-state index in [1.165, 1.54) is 44.9 Å². The molecule has 0 aromatic rings. The van der Waals surface area contributed by atoms with E-state index in [1.807, 2.05) is 0 Å². The van der Waals surface area contributed by atoms with E-state index in [0.29, 0.717) is 12.2 Å². The van der Waals surface area contributed by atoms with E-state index in [9.17, 15) is 0 Å². The molecule has 1 saturated heterocycles. The summed E-state index contributed by atoms with van der Waals surface area (Å²) < 4.78 is 11.6. The molecular formula is C15H29NO2. The highest BCUT2D eigenvalue weighted by atomic mass is 16.5. The second kappa shape index (κ2) is 8.13. The molecule has 1 aliphatic heterocycles. The molecule has 18 heavy (non-hydrogen) atoms. The minimum absolute atomic E-state index is 0.518. The molecule has 2 aliphatic rings. The highest BCUT2D eigenvalue weighted by molar-refractivity contribution is 4.77. The summed E-state index contributed by atoms with van der Waals surface area (Å²) in [5, 5.41) is 3.54. The van der Waals surface area contributed by atoms with E-state index < -0.39 is 0 Å². The molecule has 1 aliphatic carbocycles. The minimum Gasteiger partial charge on any atom is -0.378 e. The van der Waals surface area contributed by atoms with Gasteiger partial charge in [-0.3, -0.25) is 0 Å². The molecule has 3 nitrogen and oxygen atoms in total. The third-order valence-corrected chi connectivity index (χ3v) is 4.21. The fourth-order valence-electron chi connectivity index (χ4n) is 3.16. The van der Waals surface area contributed by atoms with Gasteiger partial charge < -0.3 is 14.8 Å². The van der Waals surface area contributed by atoms with E-state index in [2.05, 4.69) is 12.2 Å². The second-order valence-electron chi connectivity index (χ2n) is 5.68. The molecule has 106 valence electrons. The molecule has 0 aromatic carbocycles. The van der Waals surface area contributed by atoms with Crippen LogP contribution in [0.25, 0.3) is 0 Å². The van der Waals surface area contributed by atoms with Gasteiger partial charge in [-0.05, 0) is 57.9 Å². The molecule has 1 heterocycles. The third kappa shape index (κ3) is 4.87. The highest BCUT2D eigenvalue weighted by Gasteiger charge is 2.21. The standard InChI is InChI=1S/C15H29NO2/c1-2-16-13-7-9-15(10-8-13)18-12-4-6-14-5-3-11-17-14/h13-16H,2-12H2,1H3. The van der Waals surface area contributed by atoms with Gasteiger partial charge in [0.25, 0.3) is 0 Å². The van der Waals surface area contributed by atoms with Gasteiger partial charge in [-0.25, -0.2) is 0 Å². The zero-order valence-electron chi connectivity index (χ0n) is 11.8. The van der Waals surface area contributed by atoms with Crippen LogP contribution in [-0.2, 0) is 9.47 Å². The Kier molecular flexibility index (Phi) is 6.46. The van der Waals surface area contributed by atoms with Crippen LogP contribution >= 0.6 is 0 Å². The smallest absolute Gasteiger partial charge is 0.0576 e. The summed E-state index contributed by atoms with van der Waals surface area (Å²) in [6.07, 6.45) is 10.9. The SMILES string of the molecule is CCNC1CCC(OCCCC2CCCO2)CC1. The fraction of sp³-hybridized carbons (Fsp3) is 1.00. The molecular weight excluding hydrogens is 226 g/mol. The van der Waals surface area contributed by atoms with Crippen LogP contribution in [0.5, 0.6) is 0 Å². The van der Waals surface area contributed by atoms with Gasteiger partial charge in [0.15, 0.2) is 0 Å². The molecule has 2 fully saturated rings. The van der Waals surface area contributed by atoms with Crippen molar-refractivity contribution < 1.29 is 9.47 Å². The van der Waals surface area contributed by atoms with Gasteiger partial charge in [-0.15, -0.1) is 0 Å². The molecule has 0 aromatic heterocycles. The van der Waals surface area contributed by atoms with Crippen molar-refractivity contribution >= 4 is 0 Å². The minimum atomic E-state index is 0.518. The molecule has 1 atom stereocenters. The Bertz CT molecular complexity index is 209. The number of rotatable bonds is 7. The highest BCUT2D eigenvalue weighted by Crippen LogP contribution is 2.22. The van der Waals surface area contributed by atoms with E-state index in [4.69, 9.17) is 9.47 Å². The van der Waals surface area contributed by atoms with Crippen molar-refractivity contribution in [1.29, 1.82) is 0 Å². The van der Waals surface area contributed by atoms with Crippen molar-refractivity contribution in [2.45, 2.75) is 76.5 Å². The number of ether oxygens (including phenoxy) is 2. The zero-order chi connectivity index (χ0) is 12.6.